The van der Waals surface area contributed by atoms with Gasteiger partial charge in [-0.1, -0.05) is 20.3 Å². The molecule has 0 saturated carbocycles. The highest BCUT2D eigenvalue weighted by molar-refractivity contribution is 7.92. The molecule has 1 aliphatic heterocycles. The van der Waals surface area contributed by atoms with Crippen LogP contribution in [0.2, 0.25) is 0 Å². The van der Waals surface area contributed by atoms with Crippen LogP contribution in [0.25, 0.3) is 0 Å². The van der Waals surface area contributed by atoms with Crippen molar-refractivity contribution in [3.63, 3.8) is 0 Å². The molecule has 1 heterocycles. The lowest BCUT2D eigenvalue weighted by atomic mass is 9.85. The molecule has 146 valence electrons. The quantitative estimate of drug-likeness (QED) is 0.613. The summed E-state index contributed by atoms with van der Waals surface area (Å²) in [5.74, 6) is 1.01. The van der Waals surface area contributed by atoms with E-state index in [0.29, 0.717) is 36.1 Å². The first-order valence-corrected chi connectivity index (χ1v) is 11.2. The number of hydrogen-bond donors (Lipinski definition) is 3. The maximum absolute atomic E-state index is 12.3. The molecule has 2 rings (SSSR count). The number of piperidine rings is 1. The van der Waals surface area contributed by atoms with E-state index >= 15 is 0 Å². The van der Waals surface area contributed by atoms with E-state index < -0.39 is 10.0 Å². The zero-order chi connectivity index (χ0) is 19.0. The monoisotopic (exact) mass is 381 g/mol. The van der Waals surface area contributed by atoms with Gasteiger partial charge in [-0.15, -0.1) is 0 Å². The number of carbonyl (C=O) groups is 1. The largest absolute Gasteiger partial charge is 0.326 e. The first-order valence-electron chi connectivity index (χ1n) is 9.50. The highest BCUT2D eigenvalue weighted by Gasteiger charge is 2.22. The SMILES string of the molecule is CCCCS(=O)(=O)Nc1ccc(NC(=O)CC(C)C2CCCNC2)cc1. The molecular formula is C19H31N3O3S. The minimum atomic E-state index is -3.30. The van der Waals surface area contributed by atoms with E-state index in [-0.39, 0.29) is 11.7 Å². The summed E-state index contributed by atoms with van der Waals surface area (Å²) in [6.45, 7) is 6.15. The van der Waals surface area contributed by atoms with Gasteiger partial charge in [0.25, 0.3) is 0 Å². The second-order valence-electron chi connectivity index (χ2n) is 7.19. The zero-order valence-corrected chi connectivity index (χ0v) is 16.6. The summed E-state index contributed by atoms with van der Waals surface area (Å²) in [4.78, 5) is 12.3. The van der Waals surface area contributed by atoms with Gasteiger partial charge in [0.1, 0.15) is 0 Å². The Morgan fingerprint density at radius 3 is 2.58 bits per heavy atom. The van der Waals surface area contributed by atoms with Crippen LogP contribution in [-0.4, -0.2) is 33.2 Å². The van der Waals surface area contributed by atoms with Gasteiger partial charge in [-0.3, -0.25) is 9.52 Å². The van der Waals surface area contributed by atoms with Gasteiger partial charge in [0.15, 0.2) is 0 Å². The van der Waals surface area contributed by atoms with Crippen molar-refractivity contribution in [2.75, 3.05) is 28.9 Å². The van der Waals surface area contributed by atoms with Crippen LogP contribution in [0.3, 0.4) is 0 Å². The van der Waals surface area contributed by atoms with Crippen LogP contribution in [0.1, 0.15) is 46.0 Å². The molecule has 1 aromatic rings. The molecule has 0 aliphatic carbocycles. The van der Waals surface area contributed by atoms with Gasteiger partial charge >= 0.3 is 0 Å². The van der Waals surface area contributed by atoms with E-state index in [1.807, 2.05) is 6.92 Å². The summed E-state index contributed by atoms with van der Waals surface area (Å²) in [6.07, 6.45) is 4.32. The van der Waals surface area contributed by atoms with Crippen molar-refractivity contribution in [1.82, 2.24) is 5.32 Å². The summed E-state index contributed by atoms with van der Waals surface area (Å²) in [5.41, 5.74) is 1.20. The Balaban J connectivity index is 1.83. The van der Waals surface area contributed by atoms with Crippen LogP contribution < -0.4 is 15.4 Å². The second-order valence-corrected chi connectivity index (χ2v) is 9.03. The standard InChI is InChI=1S/C19H31N3O3S/c1-3-4-12-26(24,25)22-18-9-7-17(8-10-18)21-19(23)13-15(2)16-6-5-11-20-14-16/h7-10,15-16,20,22H,3-6,11-14H2,1-2H3,(H,21,23). The average molecular weight is 382 g/mol. The van der Waals surface area contributed by atoms with E-state index in [4.69, 9.17) is 0 Å². The van der Waals surface area contributed by atoms with Crippen molar-refractivity contribution in [3.05, 3.63) is 24.3 Å². The van der Waals surface area contributed by atoms with Gasteiger partial charge in [0.2, 0.25) is 15.9 Å². The van der Waals surface area contributed by atoms with Gasteiger partial charge < -0.3 is 10.6 Å². The van der Waals surface area contributed by atoms with Crippen LogP contribution >= 0.6 is 0 Å². The maximum atomic E-state index is 12.3. The molecular weight excluding hydrogens is 350 g/mol. The number of benzene rings is 1. The molecule has 0 radical (unpaired) electrons. The van der Waals surface area contributed by atoms with Crippen molar-refractivity contribution in [1.29, 1.82) is 0 Å². The Morgan fingerprint density at radius 2 is 1.96 bits per heavy atom. The summed E-state index contributed by atoms with van der Waals surface area (Å²) in [6, 6.07) is 6.80. The van der Waals surface area contributed by atoms with E-state index in [9.17, 15) is 13.2 Å². The minimum absolute atomic E-state index is 0.000602. The number of nitrogens with one attached hydrogen (secondary N) is 3. The second kappa shape index (κ2) is 9.92. The Kier molecular flexibility index (Phi) is 7.90. The van der Waals surface area contributed by atoms with E-state index in [0.717, 1.165) is 19.5 Å². The predicted octanol–water partition coefficient (Wildman–Crippen LogP) is 3.19. The number of unbranched alkanes of at least 4 members (excludes halogenated alkanes) is 1. The fraction of sp³-hybridized carbons (Fsp3) is 0.632. The van der Waals surface area contributed by atoms with Crippen molar-refractivity contribution in [2.24, 2.45) is 11.8 Å². The van der Waals surface area contributed by atoms with Crippen LogP contribution in [0.4, 0.5) is 11.4 Å². The molecule has 0 bridgehead atoms. The summed E-state index contributed by atoms with van der Waals surface area (Å²) in [7, 11) is -3.30. The number of rotatable bonds is 9. The van der Waals surface area contributed by atoms with Gasteiger partial charge in [-0.05, 0) is 68.5 Å². The van der Waals surface area contributed by atoms with Crippen LogP contribution in [-0.2, 0) is 14.8 Å². The highest BCUT2D eigenvalue weighted by atomic mass is 32.2. The topological polar surface area (TPSA) is 87.3 Å². The van der Waals surface area contributed by atoms with Crippen molar-refractivity contribution >= 4 is 27.3 Å². The number of anilines is 2. The smallest absolute Gasteiger partial charge is 0.232 e. The van der Waals surface area contributed by atoms with Crippen LogP contribution in [0, 0.1) is 11.8 Å². The van der Waals surface area contributed by atoms with Crippen LogP contribution in [0.15, 0.2) is 24.3 Å². The molecule has 7 heteroatoms. The lowest BCUT2D eigenvalue weighted by Gasteiger charge is -2.28. The molecule has 1 aromatic carbocycles. The molecule has 1 amide bonds. The first kappa shape index (κ1) is 20.7. The van der Waals surface area contributed by atoms with E-state index in [2.05, 4.69) is 22.3 Å². The van der Waals surface area contributed by atoms with E-state index in [1.165, 1.54) is 12.8 Å². The molecule has 1 aliphatic rings. The van der Waals surface area contributed by atoms with Crippen LogP contribution in [0.5, 0.6) is 0 Å². The third-order valence-electron chi connectivity index (χ3n) is 4.86. The molecule has 6 nitrogen and oxygen atoms in total. The normalized spacial score (nSPS) is 18.9. The Morgan fingerprint density at radius 1 is 1.27 bits per heavy atom. The fourth-order valence-electron chi connectivity index (χ4n) is 3.22. The van der Waals surface area contributed by atoms with E-state index in [1.54, 1.807) is 24.3 Å². The van der Waals surface area contributed by atoms with Gasteiger partial charge in [-0.2, -0.15) is 0 Å². The predicted molar refractivity (Wildman–Crippen MR) is 107 cm³/mol. The molecule has 2 unspecified atom stereocenters. The van der Waals surface area contributed by atoms with Crippen molar-refractivity contribution in [3.8, 4) is 0 Å². The molecule has 26 heavy (non-hydrogen) atoms. The third kappa shape index (κ3) is 6.96. The lowest BCUT2D eigenvalue weighted by Crippen LogP contribution is -2.34. The molecule has 0 aromatic heterocycles. The molecule has 2 atom stereocenters. The first-order chi connectivity index (χ1) is 12.4. The summed E-state index contributed by atoms with van der Waals surface area (Å²) in [5, 5.41) is 6.29. The van der Waals surface area contributed by atoms with Gasteiger partial charge in [0.05, 0.1) is 5.75 Å². The summed E-state index contributed by atoms with van der Waals surface area (Å²) >= 11 is 0. The minimum Gasteiger partial charge on any atom is -0.326 e. The van der Waals surface area contributed by atoms with Gasteiger partial charge in [-0.25, -0.2) is 8.42 Å². The molecule has 3 N–H and O–H groups in total. The molecule has 1 saturated heterocycles. The lowest BCUT2D eigenvalue weighted by molar-refractivity contribution is -0.117. The summed E-state index contributed by atoms with van der Waals surface area (Å²) < 4.78 is 26.4. The van der Waals surface area contributed by atoms with Gasteiger partial charge in [0, 0.05) is 17.8 Å². The molecule has 1 fully saturated rings. The Bertz CT molecular complexity index is 668. The Hall–Kier alpha value is -1.60. The highest BCUT2D eigenvalue weighted by Crippen LogP contribution is 2.23. The number of hydrogen-bond acceptors (Lipinski definition) is 4. The average Bonchev–Trinajstić information content (AvgIpc) is 2.62. The van der Waals surface area contributed by atoms with Crippen molar-refractivity contribution in [2.45, 2.75) is 46.0 Å². The fourth-order valence-corrected chi connectivity index (χ4v) is 4.49. The number of carbonyl (C=O) groups excluding carboxylic acids is 1. The Labute approximate surface area is 157 Å². The maximum Gasteiger partial charge on any atom is 0.232 e. The zero-order valence-electron chi connectivity index (χ0n) is 15.8. The molecule has 0 spiro atoms. The van der Waals surface area contributed by atoms with Crippen molar-refractivity contribution < 1.29 is 13.2 Å². The number of sulfonamides is 1. The number of amides is 1. The third-order valence-corrected chi connectivity index (χ3v) is 6.23.